The number of carbonyl (C=O) groups excluding carboxylic acids is 2. The number of hydrogen-bond donors (Lipinski definition) is 1. The second kappa shape index (κ2) is 10.2. The third-order valence-electron chi connectivity index (χ3n) is 4.61. The van der Waals surface area contributed by atoms with E-state index in [-0.39, 0.29) is 11.9 Å². The van der Waals surface area contributed by atoms with Gasteiger partial charge in [-0.2, -0.15) is 0 Å². The Bertz CT molecular complexity index is 895. The van der Waals surface area contributed by atoms with Crippen LogP contribution in [0.5, 0.6) is 5.75 Å². The van der Waals surface area contributed by atoms with Gasteiger partial charge in [-0.3, -0.25) is 4.79 Å². The van der Waals surface area contributed by atoms with E-state index in [0.29, 0.717) is 41.7 Å². The van der Waals surface area contributed by atoms with Crippen molar-refractivity contribution in [2.24, 2.45) is 0 Å². The Hall–Kier alpha value is -1.90. The van der Waals surface area contributed by atoms with Crippen LogP contribution in [0.1, 0.15) is 50.9 Å². The molecule has 1 aliphatic carbocycles. The number of carbonyl (C=O) groups is 2. The second-order valence-electron chi connectivity index (χ2n) is 6.57. The number of nitrogens with one attached hydrogen (secondary N) is 1. The monoisotopic (exact) mass is 481 g/mol. The average Bonchev–Trinajstić information content (AvgIpc) is 3.07. The summed E-state index contributed by atoms with van der Waals surface area (Å²) in [6.07, 6.45) is 3.88. The highest BCUT2D eigenvalue weighted by Gasteiger charge is 2.28. The molecule has 1 amide bonds. The molecule has 1 heterocycles. The number of thiophene rings is 1. The smallest absolute Gasteiger partial charge is 0.341 e. The minimum absolute atomic E-state index is 0.292. The van der Waals surface area contributed by atoms with Crippen LogP contribution in [0.4, 0.5) is 5.00 Å². The van der Waals surface area contributed by atoms with Crippen molar-refractivity contribution in [1.29, 1.82) is 0 Å². The molecular formula is C21H24BrNO5S. The SMILES string of the molecule is CCOC(=O)c1c(NC(=O)c2cc(Br)ccc2OCCOC)sc2c1CCCC2. The van der Waals surface area contributed by atoms with Crippen LogP contribution in [0.25, 0.3) is 0 Å². The zero-order valence-electron chi connectivity index (χ0n) is 16.5. The van der Waals surface area contributed by atoms with E-state index in [0.717, 1.165) is 40.6 Å². The van der Waals surface area contributed by atoms with Crippen molar-refractivity contribution in [3.63, 3.8) is 0 Å². The van der Waals surface area contributed by atoms with Gasteiger partial charge in [0.25, 0.3) is 5.91 Å². The summed E-state index contributed by atoms with van der Waals surface area (Å²) in [6.45, 7) is 2.82. The molecular weight excluding hydrogens is 458 g/mol. The largest absolute Gasteiger partial charge is 0.490 e. The van der Waals surface area contributed by atoms with Crippen molar-refractivity contribution >= 4 is 44.1 Å². The van der Waals surface area contributed by atoms with Crippen LogP contribution >= 0.6 is 27.3 Å². The molecule has 0 saturated carbocycles. The van der Waals surface area contributed by atoms with E-state index in [9.17, 15) is 9.59 Å². The molecule has 156 valence electrons. The average molecular weight is 482 g/mol. The summed E-state index contributed by atoms with van der Waals surface area (Å²) in [5, 5.41) is 3.47. The van der Waals surface area contributed by atoms with Crippen LogP contribution < -0.4 is 10.1 Å². The fraction of sp³-hybridized carbons (Fsp3) is 0.429. The Balaban J connectivity index is 1.90. The predicted octanol–water partition coefficient (Wildman–Crippen LogP) is 4.84. The van der Waals surface area contributed by atoms with Gasteiger partial charge in [-0.05, 0) is 56.4 Å². The van der Waals surface area contributed by atoms with Crippen molar-refractivity contribution in [3.05, 3.63) is 44.2 Å². The summed E-state index contributed by atoms with van der Waals surface area (Å²) < 4.78 is 16.7. The molecule has 6 nitrogen and oxygen atoms in total. The lowest BCUT2D eigenvalue weighted by atomic mass is 9.95. The maximum Gasteiger partial charge on any atom is 0.341 e. The highest BCUT2D eigenvalue weighted by molar-refractivity contribution is 9.10. The summed E-state index contributed by atoms with van der Waals surface area (Å²) in [7, 11) is 1.59. The van der Waals surface area contributed by atoms with Gasteiger partial charge in [-0.25, -0.2) is 4.79 Å². The number of methoxy groups -OCH3 is 1. The second-order valence-corrected chi connectivity index (χ2v) is 8.59. The molecule has 8 heteroatoms. The lowest BCUT2D eigenvalue weighted by molar-refractivity contribution is 0.0526. The van der Waals surface area contributed by atoms with Crippen molar-refractivity contribution in [2.45, 2.75) is 32.6 Å². The number of halogens is 1. The summed E-state index contributed by atoms with van der Waals surface area (Å²) in [6, 6.07) is 5.25. The van der Waals surface area contributed by atoms with Gasteiger partial charge in [-0.15, -0.1) is 11.3 Å². The van der Waals surface area contributed by atoms with Crippen LogP contribution in [0.2, 0.25) is 0 Å². The minimum atomic E-state index is -0.381. The normalized spacial score (nSPS) is 12.9. The number of rotatable bonds is 8. The zero-order chi connectivity index (χ0) is 20.8. The first kappa shape index (κ1) is 21.8. The van der Waals surface area contributed by atoms with Crippen LogP contribution in [-0.4, -0.2) is 38.8 Å². The topological polar surface area (TPSA) is 73.9 Å². The molecule has 1 aromatic heterocycles. The van der Waals surface area contributed by atoms with Gasteiger partial charge in [0.05, 0.1) is 24.3 Å². The molecule has 1 aliphatic rings. The molecule has 2 aromatic rings. The Morgan fingerprint density at radius 3 is 2.76 bits per heavy atom. The number of benzene rings is 1. The van der Waals surface area contributed by atoms with Gasteiger partial charge in [0.2, 0.25) is 0 Å². The lowest BCUT2D eigenvalue weighted by Gasteiger charge is -2.13. The third kappa shape index (κ3) is 5.18. The molecule has 0 aliphatic heterocycles. The minimum Gasteiger partial charge on any atom is -0.490 e. The van der Waals surface area contributed by atoms with Crippen LogP contribution in [0, 0.1) is 0 Å². The molecule has 0 radical (unpaired) electrons. The first-order chi connectivity index (χ1) is 14.0. The van der Waals surface area contributed by atoms with Crippen molar-refractivity contribution in [2.75, 3.05) is 32.2 Å². The highest BCUT2D eigenvalue weighted by Crippen LogP contribution is 2.39. The maximum absolute atomic E-state index is 13.1. The molecule has 0 saturated heterocycles. The first-order valence-corrected chi connectivity index (χ1v) is 11.2. The number of ether oxygens (including phenoxy) is 3. The molecule has 0 unspecified atom stereocenters. The Kier molecular flexibility index (Phi) is 7.69. The van der Waals surface area contributed by atoms with E-state index < -0.39 is 0 Å². The number of esters is 1. The van der Waals surface area contributed by atoms with Gasteiger partial charge < -0.3 is 19.5 Å². The molecule has 3 rings (SSSR count). The Morgan fingerprint density at radius 1 is 1.21 bits per heavy atom. The van der Waals surface area contributed by atoms with E-state index in [2.05, 4.69) is 21.2 Å². The molecule has 29 heavy (non-hydrogen) atoms. The number of anilines is 1. The zero-order valence-corrected chi connectivity index (χ0v) is 18.9. The van der Waals surface area contributed by atoms with Crippen molar-refractivity contribution in [3.8, 4) is 5.75 Å². The van der Waals surface area contributed by atoms with Gasteiger partial charge in [-0.1, -0.05) is 15.9 Å². The van der Waals surface area contributed by atoms with Gasteiger partial charge in [0.1, 0.15) is 17.4 Å². The van der Waals surface area contributed by atoms with E-state index in [4.69, 9.17) is 14.2 Å². The standard InChI is InChI=1S/C21H24BrNO5S/c1-3-27-21(25)18-14-6-4-5-7-17(14)29-20(18)23-19(24)15-12-13(22)8-9-16(15)28-11-10-26-2/h8-9,12H,3-7,10-11H2,1-2H3,(H,23,24). The van der Waals surface area contributed by atoms with E-state index in [1.165, 1.54) is 11.3 Å². The Labute approximate surface area is 182 Å². The highest BCUT2D eigenvalue weighted by atomic mass is 79.9. The summed E-state index contributed by atoms with van der Waals surface area (Å²) in [5.74, 6) is -0.252. The molecule has 0 fully saturated rings. The molecule has 0 atom stereocenters. The number of hydrogen-bond acceptors (Lipinski definition) is 6. The first-order valence-electron chi connectivity index (χ1n) is 9.59. The van der Waals surface area contributed by atoms with Crippen LogP contribution in [0.3, 0.4) is 0 Å². The van der Waals surface area contributed by atoms with Gasteiger partial charge in [0, 0.05) is 16.5 Å². The lowest BCUT2D eigenvalue weighted by Crippen LogP contribution is -2.17. The molecule has 1 aromatic carbocycles. The van der Waals surface area contributed by atoms with E-state index in [1.54, 1.807) is 26.2 Å². The molecule has 0 bridgehead atoms. The van der Waals surface area contributed by atoms with Crippen molar-refractivity contribution < 1.29 is 23.8 Å². The van der Waals surface area contributed by atoms with E-state index in [1.807, 2.05) is 6.07 Å². The Morgan fingerprint density at radius 2 is 2.00 bits per heavy atom. The fourth-order valence-corrected chi connectivity index (χ4v) is 4.92. The third-order valence-corrected chi connectivity index (χ3v) is 6.31. The number of aryl methyl sites for hydroxylation is 1. The predicted molar refractivity (Wildman–Crippen MR) is 116 cm³/mol. The molecule has 1 N–H and O–H groups in total. The van der Waals surface area contributed by atoms with Gasteiger partial charge >= 0.3 is 5.97 Å². The summed E-state index contributed by atoms with van der Waals surface area (Å²) >= 11 is 4.87. The van der Waals surface area contributed by atoms with Crippen LogP contribution in [0.15, 0.2) is 22.7 Å². The summed E-state index contributed by atoms with van der Waals surface area (Å²) in [4.78, 5) is 26.8. The summed E-state index contributed by atoms with van der Waals surface area (Å²) in [5.41, 5.74) is 1.90. The molecule has 0 spiro atoms. The number of fused-ring (bicyclic) bond motifs is 1. The quantitative estimate of drug-likeness (QED) is 0.431. The van der Waals surface area contributed by atoms with Gasteiger partial charge in [0.15, 0.2) is 0 Å². The van der Waals surface area contributed by atoms with E-state index >= 15 is 0 Å². The fourth-order valence-electron chi connectivity index (χ4n) is 3.28. The maximum atomic E-state index is 13.1. The van der Waals surface area contributed by atoms with Crippen molar-refractivity contribution in [1.82, 2.24) is 0 Å². The van der Waals surface area contributed by atoms with Crippen LogP contribution in [-0.2, 0) is 22.3 Å². The number of amides is 1.